The zero-order valence-electron chi connectivity index (χ0n) is 9.36. The summed E-state index contributed by atoms with van der Waals surface area (Å²) in [6, 6.07) is 10.8. The van der Waals surface area contributed by atoms with Crippen molar-refractivity contribution in [1.29, 1.82) is 5.41 Å². The molecule has 3 N–H and O–H groups in total. The van der Waals surface area contributed by atoms with Gasteiger partial charge < -0.3 is 10.5 Å². The van der Waals surface area contributed by atoms with Crippen molar-refractivity contribution in [1.82, 2.24) is 0 Å². The molecule has 4 heteroatoms. The molecule has 0 amide bonds. The summed E-state index contributed by atoms with van der Waals surface area (Å²) in [6.45, 7) is 1.36. The van der Waals surface area contributed by atoms with Gasteiger partial charge in [0.1, 0.15) is 11.6 Å². The van der Waals surface area contributed by atoms with Gasteiger partial charge in [-0.2, -0.15) is 0 Å². The van der Waals surface area contributed by atoms with E-state index in [9.17, 15) is 4.79 Å². The van der Waals surface area contributed by atoms with E-state index in [2.05, 4.69) is 0 Å². The van der Waals surface area contributed by atoms with E-state index in [0.717, 1.165) is 10.8 Å². The van der Waals surface area contributed by atoms with Crippen molar-refractivity contribution < 1.29 is 9.53 Å². The Bertz CT molecular complexity index is 605. The highest BCUT2D eigenvalue weighted by Gasteiger charge is 2.02. The number of hydrogen-bond donors (Lipinski definition) is 2. The van der Waals surface area contributed by atoms with Crippen molar-refractivity contribution in [2.24, 2.45) is 5.73 Å². The number of carbonyl (C=O) groups excluding carboxylic acids is 1. The fourth-order valence-corrected chi connectivity index (χ4v) is 1.62. The number of nitrogen functional groups attached to an aromatic ring is 1. The Labute approximate surface area is 98.5 Å². The standard InChI is InChI=1S/C13H12N2O2/c1-8(16)17-12-5-4-9-6-11(13(14)15)3-2-10(9)7-12/h2-7H,1H3,(H3,14,15). The monoisotopic (exact) mass is 228 g/mol. The molecule has 0 unspecified atom stereocenters. The Kier molecular flexibility index (Phi) is 2.78. The van der Waals surface area contributed by atoms with Gasteiger partial charge in [0.15, 0.2) is 0 Å². The van der Waals surface area contributed by atoms with E-state index in [0.29, 0.717) is 11.3 Å². The third kappa shape index (κ3) is 2.42. The second-order valence-corrected chi connectivity index (χ2v) is 3.73. The van der Waals surface area contributed by atoms with Crippen molar-refractivity contribution in [3.05, 3.63) is 42.0 Å². The number of ether oxygens (including phenoxy) is 1. The first-order valence-electron chi connectivity index (χ1n) is 5.13. The van der Waals surface area contributed by atoms with E-state index in [-0.39, 0.29) is 11.8 Å². The van der Waals surface area contributed by atoms with E-state index >= 15 is 0 Å². The molecule has 0 aliphatic heterocycles. The summed E-state index contributed by atoms with van der Waals surface area (Å²) in [7, 11) is 0. The molecule has 17 heavy (non-hydrogen) atoms. The number of fused-ring (bicyclic) bond motifs is 1. The smallest absolute Gasteiger partial charge is 0.308 e. The number of carbonyl (C=O) groups is 1. The van der Waals surface area contributed by atoms with Crippen LogP contribution >= 0.6 is 0 Å². The van der Waals surface area contributed by atoms with Crippen LogP contribution in [0.1, 0.15) is 12.5 Å². The first-order chi connectivity index (χ1) is 8.06. The van der Waals surface area contributed by atoms with Gasteiger partial charge in [-0.05, 0) is 29.0 Å². The molecule has 0 saturated carbocycles. The normalized spacial score (nSPS) is 10.2. The largest absolute Gasteiger partial charge is 0.427 e. The van der Waals surface area contributed by atoms with Gasteiger partial charge in [-0.1, -0.05) is 18.2 Å². The maximum Gasteiger partial charge on any atom is 0.308 e. The molecular formula is C13H12N2O2. The Morgan fingerprint density at radius 3 is 2.47 bits per heavy atom. The topological polar surface area (TPSA) is 76.2 Å². The van der Waals surface area contributed by atoms with Crippen LogP contribution in [0.4, 0.5) is 0 Å². The van der Waals surface area contributed by atoms with Crippen LogP contribution in [0, 0.1) is 5.41 Å². The van der Waals surface area contributed by atoms with Crippen molar-refractivity contribution in [2.45, 2.75) is 6.92 Å². The highest BCUT2D eigenvalue weighted by atomic mass is 16.5. The second-order valence-electron chi connectivity index (χ2n) is 3.73. The molecule has 86 valence electrons. The molecule has 2 rings (SSSR count). The predicted octanol–water partition coefficient (Wildman–Crippen LogP) is 2.05. The summed E-state index contributed by atoms with van der Waals surface area (Å²) < 4.78 is 4.99. The Hall–Kier alpha value is -2.36. The molecule has 0 fully saturated rings. The zero-order chi connectivity index (χ0) is 12.4. The Morgan fingerprint density at radius 2 is 1.82 bits per heavy atom. The van der Waals surface area contributed by atoms with E-state index in [1.165, 1.54) is 6.92 Å². The molecule has 0 saturated heterocycles. The lowest BCUT2D eigenvalue weighted by Gasteiger charge is -2.05. The number of esters is 1. The summed E-state index contributed by atoms with van der Waals surface area (Å²) in [5.74, 6) is 0.209. The minimum atomic E-state index is -0.343. The number of benzene rings is 2. The lowest BCUT2D eigenvalue weighted by Crippen LogP contribution is -2.10. The van der Waals surface area contributed by atoms with Crippen LogP contribution in [-0.2, 0) is 4.79 Å². The van der Waals surface area contributed by atoms with Gasteiger partial charge in [-0.3, -0.25) is 10.2 Å². The van der Waals surface area contributed by atoms with E-state index in [1.54, 1.807) is 18.2 Å². The zero-order valence-corrected chi connectivity index (χ0v) is 9.36. The van der Waals surface area contributed by atoms with Crippen molar-refractivity contribution in [3.8, 4) is 5.75 Å². The van der Waals surface area contributed by atoms with Gasteiger partial charge in [0.25, 0.3) is 0 Å². The van der Waals surface area contributed by atoms with Crippen LogP contribution < -0.4 is 10.5 Å². The summed E-state index contributed by atoms with van der Waals surface area (Å²) in [5.41, 5.74) is 6.09. The highest BCUT2D eigenvalue weighted by Crippen LogP contribution is 2.22. The van der Waals surface area contributed by atoms with E-state index < -0.39 is 0 Å². The molecule has 4 nitrogen and oxygen atoms in total. The average Bonchev–Trinajstić information content (AvgIpc) is 2.27. The Morgan fingerprint density at radius 1 is 1.18 bits per heavy atom. The fraction of sp³-hybridized carbons (Fsp3) is 0.0769. The van der Waals surface area contributed by atoms with Gasteiger partial charge in [0.05, 0.1) is 0 Å². The molecule has 0 bridgehead atoms. The minimum absolute atomic E-state index is 0.0379. The maximum absolute atomic E-state index is 10.8. The molecule has 0 aliphatic rings. The molecule has 0 aromatic heterocycles. The second kappa shape index (κ2) is 4.25. The SMILES string of the molecule is CC(=O)Oc1ccc2cc(C(=N)N)ccc2c1. The molecular weight excluding hydrogens is 216 g/mol. The van der Waals surface area contributed by atoms with Crippen molar-refractivity contribution in [2.75, 3.05) is 0 Å². The molecule has 0 aliphatic carbocycles. The quantitative estimate of drug-likeness (QED) is 0.357. The first kappa shape index (κ1) is 11.1. The summed E-state index contributed by atoms with van der Waals surface area (Å²) in [6.07, 6.45) is 0. The first-order valence-corrected chi connectivity index (χ1v) is 5.13. The summed E-state index contributed by atoms with van der Waals surface area (Å²) in [5, 5.41) is 9.24. The molecule has 2 aromatic carbocycles. The van der Waals surface area contributed by atoms with Crippen molar-refractivity contribution >= 4 is 22.6 Å². The lowest BCUT2D eigenvalue weighted by atomic mass is 10.1. The highest BCUT2D eigenvalue weighted by molar-refractivity contribution is 5.99. The minimum Gasteiger partial charge on any atom is -0.427 e. The van der Waals surface area contributed by atoms with Gasteiger partial charge >= 0.3 is 5.97 Å². The molecule has 0 atom stereocenters. The maximum atomic E-state index is 10.8. The molecule has 0 spiro atoms. The fourth-order valence-electron chi connectivity index (χ4n) is 1.62. The van der Waals surface area contributed by atoms with Crippen LogP contribution in [0.25, 0.3) is 10.8 Å². The third-order valence-electron chi connectivity index (χ3n) is 2.38. The number of nitrogens with two attached hydrogens (primary N) is 1. The van der Waals surface area contributed by atoms with E-state index in [4.69, 9.17) is 15.9 Å². The Balaban J connectivity index is 2.46. The lowest BCUT2D eigenvalue weighted by molar-refractivity contribution is -0.131. The van der Waals surface area contributed by atoms with Crippen LogP contribution in [0.15, 0.2) is 36.4 Å². The van der Waals surface area contributed by atoms with Gasteiger partial charge in [0, 0.05) is 12.5 Å². The summed E-state index contributed by atoms with van der Waals surface area (Å²) >= 11 is 0. The van der Waals surface area contributed by atoms with E-state index in [1.807, 2.05) is 18.2 Å². The van der Waals surface area contributed by atoms with Gasteiger partial charge in [-0.15, -0.1) is 0 Å². The molecule has 2 aromatic rings. The van der Waals surface area contributed by atoms with Gasteiger partial charge in [0.2, 0.25) is 0 Å². The van der Waals surface area contributed by atoms with Crippen LogP contribution in [0.2, 0.25) is 0 Å². The number of rotatable bonds is 2. The van der Waals surface area contributed by atoms with Crippen LogP contribution in [0.5, 0.6) is 5.75 Å². The summed E-state index contributed by atoms with van der Waals surface area (Å²) in [4.78, 5) is 10.8. The van der Waals surface area contributed by atoms with Crippen LogP contribution in [-0.4, -0.2) is 11.8 Å². The number of nitrogens with one attached hydrogen (secondary N) is 1. The van der Waals surface area contributed by atoms with Gasteiger partial charge in [-0.25, -0.2) is 0 Å². The van der Waals surface area contributed by atoms with Crippen molar-refractivity contribution in [3.63, 3.8) is 0 Å². The third-order valence-corrected chi connectivity index (χ3v) is 2.38. The predicted molar refractivity (Wildman–Crippen MR) is 66.3 cm³/mol. The number of hydrogen-bond acceptors (Lipinski definition) is 3. The number of amidine groups is 1. The molecule has 0 heterocycles. The molecule has 0 radical (unpaired) electrons. The average molecular weight is 228 g/mol. The van der Waals surface area contributed by atoms with Crippen LogP contribution in [0.3, 0.4) is 0 Å².